The summed E-state index contributed by atoms with van der Waals surface area (Å²) in [5, 5.41) is 16.4. The molecule has 0 saturated heterocycles. The molecule has 0 amide bonds. The molecule has 3 aromatic rings. The Bertz CT molecular complexity index is 1360. The van der Waals surface area contributed by atoms with E-state index in [-0.39, 0.29) is 28.1 Å². The molecule has 1 heterocycles. The molecule has 0 fully saturated rings. The molecule has 35 heavy (non-hydrogen) atoms. The van der Waals surface area contributed by atoms with Gasteiger partial charge < -0.3 is 9.47 Å². The maximum Gasteiger partial charge on any atom is 0.344 e. The number of unbranched alkanes of at least 4 members (excludes halogenated alkanes) is 1. The number of fused-ring (bicyclic) bond motifs is 1. The summed E-state index contributed by atoms with van der Waals surface area (Å²) < 4.78 is 12.3. The number of benzene rings is 2. The first-order valence-electron chi connectivity index (χ1n) is 10.8. The molecule has 0 aliphatic carbocycles. The summed E-state index contributed by atoms with van der Waals surface area (Å²) in [6.07, 6.45) is 3.60. The zero-order chi connectivity index (χ0) is 25.5. The molecule has 2 aromatic carbocycles. The van der Waals surface area contributed by atoms with Crippen LogP contribution in [0, 0.1) is 10.1 Å². The van der Waals surface area contributed by atoms with Crippen molar-refractivity contribution in [1.82, 2.24) is 9.66 Å². The number of halogens is 2. The highest BCUT2D eigenvalue weighted by Crippen LogP contribution is 2.36. The van der Waals surface area contributed by atoms with E-state index >= 15 is 0 Å². The Kier molecular flexibility index (Phi) is 9.10. The molecule has 0 N–H and O–H groups in total. The van der Waals surface area contributed by atoms with Crippen molar-refractivity contribution in [1.29, 1.82) is 0 Å². The molecule has 0 saturated carbocycles. The Morgan fingerprint density at radius 2 is 2.03 bits per heavy atom. The van der Waals surface area contributed by atoms with E-state index < -0.39 is 17.5 Å². The number of carbonyl (C=O) groups excluding carboxylic acids is 1. The van der Waals surface area contributed by atoms with Crippen LogP contribution in [0.1, 0.15) is 38.1 Å². The lowest BCUT2D eigenvalue weighted by Gasteiger charge is -2.10. The van der Waals surface area contributed by atoms with Crippen molar-refractivity contribution in [2.24, 2.45) is 5.10 Å². The second kappa shape index (κ2) is 12.0. The Morgan fingerprint density at radius 3 is 2.71 bits per heavy atom. The normalized spacial score (nSPS) is 11.2. The van der Waals surface area contributed by atoms with Crippen LogP contribution in [0.2, 0.25) is 0 Å². The van der Waals surface area contributed by atoms with E-state index in [9.17, 15) is 19.7 Å². The van der Waals surface area contributed by atoms with E-state index in [0.717, 1.165) is 17.3 Å². The summed E-state index contributed by atoms with van der Waals surface area (Å²) in [6.45, 7) is 3.37. The number of nitro groups is 1. The van der Waals surface area contributed by atoms with Crippen LogP contribution in [-0.4, -0.2) is 40.0 Å². The van der Waals surface area contributed by atoms with Gasteiger partial charge in [-0.2, -0.15) is 9.78 Å². The van der Waals surface area contributed by atoms with Gasteiger partial charge in [0.25, 0.3) is 5.56 Å². The lowest BCUT2D eigenvalue weighted by molar-refractivity contribution is -0.385. The number of aryl methyl sites for hydroxylation is 1. The predicted molar refractivity (Wildman–Crippen MR) is 138 cm³/mol. The first-order valence-corrected chi connectivity index (χ1v) is 12.4. The lowest BCUT2D eigenvalue weighted by atomic mass is 10.2. The van der Waals surface area contributed by atoms with Crippen LogP contribution >= 0.6 is 31.9 Å². The van der Waals surface area contributed by atoms with Crippen LogP contribution in [0.4, 0.5) is 5.69 Å². The van der Waals surface area contributed by atoms with Crippen LogP contribution in [0.15, 0.2) is 49.2 Å². The molecular formula is C23H22Br2N4O6. The third-order valence-corrected chi connectivity index (χ3v) is 5.92. The van der Waals surface area contributed by atoms with Gasteiger partial charge in [-0.15, -0.1) is 0 Å². The van der Waals surface area contributed by atoms with Gasteiger partial charge >= 0.3 is 11.7 Å². The number of nitro benzene ring substituents is 1. The molecule has 10 nitrogen and oxygen atoms in total. The van der Waals surface area contributed by atoms with Crippen molar-refractivity contribution in [3.8, 4) is 5.75 Å². The number of hydrogen-bond donors (Lipinski definition) is 0. The number of ether oxygens (including phenoxy) is 2. The van der Waals surface area contributed by atoms with Gasteiger partial charge in [-0.25, -0.2) is 9.78 Å². The summed E-state index contributed by atoms with van der Waals surface area (Å²) in [7, 11) is 0. The van der Waals surface area contributed by atoms with Gasteiger partial charge in [0.1, 0.15) is 5.82 Å². The second-order valence-electron chi connectivity index (χ2n) is 7.36. The summed E-state index contributed by atoms with van der Waals surface area (Å²) in [5.41, 5.74) is 0.192. The summed E-state index contributed by atoms with van der Waals surface area (Å²) in [5.74, 6) is -0.266. The summed E-state index contributed by atoms with van der Waals surface area (Å²) in [4.78, 5) is 40.4. The minimum Gasteiger partial charge on any atom is -0.474 e. The number of esters is 1. The van der Waals surface area contributed by atoms with Crippen molar-refractivity contribution in [2.75, 3.05) is 13.2 Å². The fourth-order valence-corrected chi connectivity index (χ4v) is 4.16. The molecule has 0 unspecified atom stereocenters. The van der Waals surface area contributed by atoms with Gasteiger partial charge in [0.05, 0.1) is 33.1 Å². The number of aromatic nitrogens is 2. The van der Waals surface area contributed by atoms with Crippen LogP contribution < -0.4 is 10.3 Å². The third-order valence-electron chi connectivity index (χ3n) is 4.83. The minimum atomic E-state index is -0.645. The van der Waals surface area contributed by atoms with Crippen LogP contribution in [-0.2, 0) is 16.0 Å². The van der Waals surface area contributed by atoms with E-state index in [2.05, 4.69) is 41.9 Å². The van der Waals surface area contributed by atoms with Crippen LogP contribution in [0.3, 0.4) is 0 Å². The number of nitrogens with zero attached hydrogens (tertiary/aromatic N) is 4. The highest BCUT2D eigenvalue weighted by molar-refractivity contribution is 9.10. The number of carbonyl (C=O) groups is 1. The van der Waals surface area contributed by atoms with Gasteiger partial charge in [-0.05, 0) is 53.5 Å². The average molecular weight is 610 g/mol. The van der Waals surface area contributed by atoms with E-state index in [4.69, 9.17) is 9.47 Å². The minimum absolute atomic E-state index is 0.113. The van der Waals surface area contributed by atoms with Gasteiger partial charge in [-0.3, -0.25) is 14.9 Å². The molecule has 0 spiro atoms. The monoisotopic (exact) mass is 608 g/mol. The van der Waals surface area contributed by atoms with Crippen molar-refractivity contribution >= 4 is 60.6 Å². The fraction of sp³-hybridized carbons (Fsp3) is 0.304. The van der Waals surface area contributed by atoms with E-state index in [1.165, 1.54) is 17.0 Å². The zero-order valence-corrected chi connectivity index (χ0v) is 22.2. The Labute approximate surface area is 217 Å². The SMILES string of the molecule is CCCCc1nc2ccc(Br)cc2c(=O)n1N=Cc1cc(Br)c(OCC(=O)OCC)c([N+](=O)[O-])c1. The molecule has 12 heteroatoms. The van der Waals surface area contributed by atoms with Gasteiger partial charge in [0.15, 0.2) is 6.61 Å². The average Bonchev–Trinajstić information content (AvgIpc) is 2.81. The Balaban J connectivity index is 2.03. The largest absolute Gasteiger partial charge is 0.474 e. The maximum atomic E-state index is 13.2. The molecule has 184 valence electrons. The van der Waals surface area contributed by atoms with Gasteiger partial charge in [0.2, 0.25) is 5.75 Å². The van der Waals surface area contributed by atoms with E-state index in [0.29, 0.717) is 28.7 Å². The van der Waals surface area contributed by atoms with Gasteiger partial charge in [0, 0.05) is 22.5 Å². The summed E-state index contributed by atoms with van der Waals surface area (Å²) >= 11 is 6.63. The first-order chi connectivity index (χ1) is 16.7. The quantitative estimate of drug-likeness (QED) is 0.137. The topological polar surface area (TPSA) is 126 Å². The molecule has 0 aliphatic rings. The first kappa shape index (κ1) is 26.5. The standard InChI is InChI=1S/C23H22Br2N4O6/c1-3-5-6-20-27-18-8-7-15(24)11-16(18)23(31)28(20)26-12-14-9-17(25)22(19(10-14)29(32)33)35-13-21(30)34-4-2/h7-12H,3-6,13H2,1-2H3. The molecular weight excluding hydrogens is 588 g/mol. The Morgan fingerprint density at radius 1 is 1.26 bits per heavy atom. The van der Waals surface area contributed by atoms with E-state index in [1.807, 2.05) is 13.0 Å². The molecule has 0 aliphatic heterocycles. The lowest BCUT2D eigenvalue weighted by Crippen LogP contribution is -2.22. The third kappa shape index (κ3) is 6.51. The summed E-state index contributed by atoms with van der Waals surface area (Å²) in [6, 6.07) is 8.04. The van der Waals surface area contributed by atoms with Gasteiger partial charge in [-0.1, -0.05) is 29.3 Å². The molecule has 0 bridgehead atoms. The zero-order valence-electron chi connectivity index (χ0n) is 19.0. The van der Waals surface area contributed by atoms with Crippen molar-refractivity contribution in [3.63, 3.8) is 0 Å². The van der Waals surface area contributed by atoms with Crippen molar-refractivity contribution in [3.05, 3.63) is 71.1 Å². The molecule has 1 aromatic heterocycles. The number of rotatable bonds is 10. The molecule has 3 rings (SSSR count). The van der Waals surface area contributed by atoms with Crippen LogP contribution in [0.25, 0.3) is 10.9 Å². The Hall–Kier alpha value is -3.12. The second-order valence-corrected chi connectivity index (χ2v) is 9.13. The smallest absolute Gasteiger partial charge is 0.344 e. The maximum absolute atomic E-state index is 13.2. The molecule has 0 atom stereocenters. The number of hydrogen-bond acceptors (Lipinski definition) is 8. The fourth-order valence-electron chi connectivity index (χ4n) is 3.22. The van der Waals surface area contributed by atoms with Crippen molar-refractivity contribution < 1.29 is 19.2 Å². The predicted octanol–water partition coefficient (Wildman–Crippen LogP) is 5.00. The van der Waals surface area contributed by atoms with Crippen LogP contribution in [0.5, 0.6) is 5.75 Å². The molecule has 0 radical (unpaired) electrons. The highest BCUT2D eigenvalue weighted by Gasteiger charge is 2.21. The van der Waals surface area contributed by atoms with Crippen molar-refractivity contribution in [2.45, 2.75) is 33.1 Å². The van der Waals surface area contributed by atoms with E-state index in [1.54, 1.807) is 25.1 Å². The highest BCUT2D eigenvalue weighted by atomic mass is 79.9.